The van der Waals surface area contributed by atoms with Gasteiger partial charge in [-0.3, -0.25) is 0 Å². The van der Waals surface area contributed by atoms with Crippen molar-refractivity contribution in [2.75, 3.05) is 26.2 Å². The summed E-state index contributed by atoms with van der Waals surface area (Å²) < 4.78 is 6.57. The van der Waals surface area contributed by atoms with Crippen LogP contribution < -0.4 is 10.4 Å². The normalized spacial score (nSPS) is 13.2. The molecule has 3 aromatic rings. The molecule has 1 N–H and O–H groups in total. The number of phenolic OH excluding ortho intramolecular Hbond substituents is 1. The highest BCUT2D eigenvalue weighted by atomic mass is 16.5. The fourth-order valence-corrected chi connectivity index (χ4v) is 4.52. The van der Waals surface area contributed by atoms with E-state index >= 15 is 0 Å². The smallest absolute Gasteiger partial charge is 0.123 e. The number of hydrogen-bond acceptors (Lipinski definition) is 3. The number of allylic oxidation sites excluding steroid dienone is 1. The number of phenols is 1. The first-order valence-electron chi connectivity index (χ1n) is 13.3. The van der Waals surface area contributed by atoms with Gasteiger partial charge >= 0.3 is 0 Å². The van der Waals surface area contributed by atoms with Crippen molar-refractivity contribution < 1.29 is 9.84 Å². The molecule has 192 valence electrons. The maximum Gasteiger partial charge on any atom is 0.123 e. The monoisotopic (exact) mass is 485 g/mol. The zero-order valence-corrected chi connectivity index (χ0v) is 23.0. The molecule has 0 atom stereocenters. The molecule has 0 heterocycles. The van der Waals surface area contributed by atoms with E-state index in [-0.39, 0.29) is 5.92 Å². The van der Waals surface area contributed by atoms with Gasteiger partial charge in [0.25, 0.3) is 0 Å². The van der Waals surface area contributed by atoms with Crippen molar-refractivity contribution >= 4 is 22.6 Å². The van der Waals surface area contributed by atoms with E-state index in [1.807, 2.05) is 6.07 Å². The second-order valence-electron chi connectivity index (χ2n) is 10.1. The molecule has 3 nitrogen and oxygen atoms in total. The average Bonchev–Trinajstić information content (AvgIpc) is 2.87. The number of ether oxygens (including phenoxy) is 1. The van der Waals surface area contributed by atoms with Crippen LogP contribution in [0, 0.1) is 5.92 Å². The van der Waals surface area contributed by atoms with Crippen LogP contribution in [0.1, 0.15) is 58.6 Å². The fraction of sp³-hybridized carbons (Fsp3) is 0.394. The van der Waals surface area contributed by atoms with Gasteiger partial charge in [-0.1, -0.05) is 108 Å². The van der Waals surface area contributed by atoms with E-state index in [1.165, 1.54) is 0 Å². The predicted octanol–water partition coefficient (Wildman–Crippen LogP) is 6.37. The Morgan fingerprint density at radius 2 is 1.67 bits per heavy atom. The molecule has 0 bridgehead atoms. The molecule has 0 unspecified atom stereocenters. The molecule has 3 heteroatoms. The molecule has 0 saturated carbocycles. The molecule has 0 saturated heterocycles. The Morgan fingerprint density at radius 3 is 2.33 bits per heavy atom. The molecule has 3 aromatic carbocycles. The number of rotatable bonds is 11. The van der Waals surface area contributed by atoms with Crippen molar-refractivity contribution in [2.24, 2.45) is 5.92 Å². The quantitative estimate of drug-likeness (QED) is 0.342. The summed E-state index contributed by atoms with van der Waals surface area (Å²) in [7, 11) is 0. The van der Waals surface area contributed by atoms with Crippen LogP contribution in [0.3, 0.4) is 0 Å². The minimum Gasteiger partial charge on any atom is -0.507 e. The Balaban J connectivity index is 2.22. The molecule has 0 aromatic heterocycles. The molecule has 3 rings (SSSR count). The highest BCUT2D eigenvalue weighted by molar-refractivity contribution is 5.90. The van der Waals surface area contributed by atoms with Crippen LogP contribution in [0.4, 0.5) is 0 Å². The van der Waals surface area contributed by atoms with Gasteiger partial charge in [-0.2, -0.15) is 0 Å². The average molecular weight is 486 g/mol. The third-order valence-electron chi connectivity index (χ3n) is 7.04. The van der Waals surface area contributed by atoms with Gasteiger partial charge < -0.3 is 14.7 Å². The zero-order chi connectivity index (χ0) is 26.2. The summed E-state index contributed by atoms with van der Waals surface area (Å²) in [6, 6.07) is 18.8. The first-order valence-corrected chi connectivity index (χ1v) is 13.3. The van der Waals surface area contributed by atoms with Gasteiger partial charge in [0, 0.05) is 23.7 Å². The van der Waals surface area contributed by atoms with Crippen LogP contribution in [0.25, 0.3) is 22.6 Å². The number of hydrogen-bond donors (Lipinski definition) is 1. The van der Waals surface area contributed by atoms with Crippen molar-refractivity contribution in [1.29, 1.82) is 0 Å². The van der Waals surface area contributed by atoms with E-state index in [0.29, 0.717) is 24.7 Å². The van der Waals surface area contributed by atoms with Crippen LogP contribution in [-0.4, -0.2) is 36.2 Å². The summed E-state index contributed by atoms with van der Waals surface area (Å²) in [5.74, 6) is 1.84. The van der Waals surface area contributed by atoms with E-state index in [2.05, 4.69) is 108 Å². The van der Waals surface area contributed by atoms with Crippen molar-refractivity contribution in [3.63, 3.8) is 0 Å². The third kappa shape index (κ3) is 6.59. The molecular formula is C33H43NO2. The van der Waals surface area contributed by atoms with Gasteiger partial charge in [0.1, 0.15) is 18.1 Å². The summed E-state index contributed by atoms with van der Waals surface area (Å²) in [4.78, 5) is 2.36. The number of nitrogens with zero attached hydrogens (tertiary/aromatic N) is 1. The topological polar surface area (TPSA) is 32.7 Å². The maximum absolute atomic E-state index is 11.4. The molecular weight excluding hydrogens is 442 g/mol. The lowest BCUT2D eigenvalue weighted by Crippen LogP contribution is -2.31. The van der Waals surface area contributed by atoms with Crippen LogP contribution in [-0.2, 0) is 11.2 Å². The van der Waals surface area contributed by atoms with Gasteiger partial charge in [0.05, 0.1) is 0 Å². The molecule has 0 amide bonds. The van der Waals surface area contributed by atoms with E-state index < -0.39 is 0 Å². The van der Waals surface area contributed by atoms with Crippen LogP contribution in [0.2, 0.25) is 0 Å². The second-order valence-corrected chi connectivity index (χ2v) is 10.1. The fourth-order valence-electron chi connectivity index (χ4n) is 4.52. The van der Waals surface area contributed by atoms with Gasteiger partial charge in [-0.25, -0.2) is 0 Å². The van der Waals surface area contributed by atoms with Gasteiger partial charge in [-0.15, -0.1) is 0 Å². The minimum absolute atomic E-state index is 0.218. The molecule has 0 aliphatic heterocycles. The molecule has 0 spiro atoms. The lowest BCUT2D eigenvalue weighted by atomic mass is 9.91. The molecule has 0 fully saturated rings. The standard InChI is InChI=1S/C33H43NO2/c1-8-34(9-2)18-19-36-32(29-17-13-11-14-26(29)20-25(7)23(3)4)22-31-28-16-12-10-15-27(28)21-30(24(5)6)33(31)35/h10-17,20-21,23-24,35H,7-9,18-19,22H2,1-6H3/b26-20-,32-29-. The third-order valence-corrected chi connectivity index (χ3v) is 7.04. The summed E-state index contributed by atoms with van der Waals surface area (Å²) >= 11 is 0. The number of aromatic hydroxyl groups is 1. The van der Waals surface area contributed by atoms with Crippen LogP contribution in [0.15, 0.2) is 66.7 Å². The summed E-state index contributed by atoms with van der Waals surface area (Å²) in [6.45, 7) is 20.7. The van der Waals surface area contributed by atoms with Gasteiger partial charge in [-0.05, 0) is 52.5 Å². The Labute approximate surface area is 217 Å². The van der Waals surface area contributed by atoms with E-state index in [9.17, 15) is 5.11 Å². The van der Waals surface area contributed by atoms with Crippen LogP contribution in [0.5, 0.6) is 5.75 Å². The Morgan fingerprint density at radius 1 is 1.00 bits per heavy atom. The molecule has 0 aliphatic carbocycles. The number of fused-ring (bicyclic) bond motifs is 1. The van der Waals surface area contributed by atoms with E-state index in [4.69, 9.17) is 4.74 Å². The van der Waals surface area contributed by atoms with Crippen molar-refractivity contribution in [1.82, 2.24) is 4.90 Å². The number of likely N-dealkylation sites (N-methyl/N-ethyl adjacent to an activating group) is 1. The molecule has 0 aliphatic rings. The van der Waals surface area contributed by atoms with Crippen molar-refractivity contribution in [3.8, 4) is 5.75 Å². The van der Waals surface area contributed by atoms with Crippen molar-refractivity contribution in [2.45, 2.75) is 53.9 Å². The van der Waals surface area contributed by atoms with E-state index in [0.717, 1.165) is 63.3 Å². The first kappa shape index (κ1) is 27.5. The van der Waals surface area contributed by atoms with Crippen LogP contribution >= 0.6 is 0 Å². The summed E-state index contributed by atoms with van der Waals surface area (Å²) in [6.07, 6.45) is 2.68. The van der Waals surface area contributed by atoms with E-state index in [1.54, 1.807) is 0 Å². The predicted molar refractivity (Wildman–Crippen MR) is 155 cm³/mol. The molecule has 36 heavy (non-hydrogen) atoms. The summed E-state index contributed by atoms with van der Waals surface area (Å²) in [5.41, 5.74) is 2.98. The highest BCUT2D eigenvalue weighted by Gasteiger charge is 2.17. The Bertz CT molecular complexity index is 1300. The SMILES string of the molecule is C=C(/C=c1/cccc/c1=C(\Cc1c(O)c(C(C)C)cc2ccccc12)OCCN(CC)CC)C(C)C. The highest BCUT2D eigenvalue weighted by Crippen LogP contribution is 2.36. The Hall–Kier alpha value is -3.04. The zero-order valence-electron chi connectivity index (χ0n) is 23.0. The lowest BCUT2D eigenvalue weighted by molar-refractivity contribution is 0.195. The van der Waals surface area contributed by atoms with Crippen molar-refractivity contribution in [3.05, 3.63) is 88.3 Å². The van der Waals surface area contributed by atoms with Gasteiger partial charge in [0.2, 0.25) is 0 Å². The minimum atomic E-state index is 0.218. The first-order chi connectivity index (χ1) is 17.3. The molecule has 0 radical (unpaired) electrons. The maximum atomic E-state index is 11.4. The summed E-state index contributed by atoms with van der Waals surface area (Å²) in [5, 5.41) is 15.8. The lowest BCUT2D eigenvalue weighted by Gasteiger charge is -2.21. The number of benzene rings is 3. The second kappa shape index (κ2) is 12.8. The largest absolute Gasteiger partial charge is 0.507 e. The Kier molecular flexibility index (Phi) is 9.78. The van der Waals surface area contributed by atoms with Gasteiger partial charge in [0.15, 0.2) is 0 Å².